The quantitative estimate of drug-likeness (QED) is 0.284. The molecule has 0 N–H and O–H groups in total. The van der Waals surface area contributed by atoms with Crippen molar-refractivity contribution in [3.63, 3.8) is 0 Å². The Bertz CT molecular complexity index is 1370. The molecule has 1 aliphatic heterocycles. The Hall–Kier alpha value is -3.03. The third-order valence-electron chi connectivity index (χ3n) is 7.06. The Morgan fingerprint density at radius 3 is 2.18 bits per heavy atom. The third-order valence-corrected chi connectivity index (χ3v) is 8.19. The molecule has 0 spiro atoms. The van der Waals surface area contributed by atoms with Crippen LogP contribution in [-0.4, -0.2) is 45.1 Å². The molecule has 0 radical (unpaired) electrons. The van der Waals surface area contributed by atoms with Gasteiger partial charge in [0.25, 0.3) is 0 Å². The van der Waals surface area contributed by atoms with Crippen LogP contribution in [0, 0.1) is 11.7 Å². The Morgan fingerprint density at radius 2 is 1.63 bits per heavy atom. The van der Waals surface area contributed by atoms with Gasteiger partial charge in [0.05, 0.1) is 23.1 Å². The molecule has 0 bridgehead atoms. The highest BCUT2D eigenvalue weighted by atomic mass is 32.2. The summed E-state index contributed by atoms with van der Waals surface area (Å²) in [6.45, 7) is 7.47. The van der Waals surface area contributed by atoms with Gasteiger partial charge in [-0.05, 0) is 60.6 Å². The summed E-state index contributed by atoms with van der Waals surface area (Å²) in [6, 6.07) is 20.3. The van der Waals surface area contributed by atoms with E-state index in [4.69, 9.17) is 4.74 Å². The van der Waals surface area contributed by atoms with E-state index < -0.39 is 15.7 Å². The molecule has 1 atom stereocenters. The largest absolute Gasteiger partial charge is 0.493 e. The van der Waals surface area contributed by atoms with Crippen LogP contribution in [0.2, 0.25) is 0 Å². The van der Waals surface area contributed by atoms with E-state index in [-0.39, 0.29) is 24.7 Å². The minimum Gasteiger partial charge on any atom is -0.493 e. The van der Waals surface area contributed by atoms with E-state index in [9.17, 15) is 17.6 Å². The van der Waals surface area contributed by atoms with Crippen molar-refractivity contribution >= 4 is 15.6 Å². The van der Waals surface area contributed by atoms with Gasteiger partial charge < -0.3 is 4.74 Å². The fourth-order valence-electron chi connectivity index (χ4n) is 4.96. The van der Waals surface area contributed by atoms with E-state index in [2.05, 4.69) is 17.0 Å². The van der Waals surface area contributed by atoms with Gasteiger partial charge >= 0.3 is 0 Å². The van der Waals surface area contributed by atoms with E-state index in [0.29, 0.717) is 23.2 Å². The Kier molecular flexibility index (Phi) is 8.68. The molecule has 5 nitrogen and oxygen atoms in total. The van der Waals surface area contributed by atoms with Crippen molar-refractivity contribution in [3.05, 3.63) is 94.8 Å². The van der Waals surface area contributed by atoms with Gasteiger partial charge in [0.1, 0.15) is 11.6 Å². The molecule has 7 heteroatoms. The average Bonchev–Trinajstić information content (AvgIpc) is 3.72. The van der Waals surface area contributed by atoms with Crippen molar-refractivity contribution in [2.75, 3.05) is 26.0 Å². The average molecular weight is 540 g/mol. The number of hydrogen-bond donors (Lipinski definition) is 0. The number of Topliss-reactive ketones (excluding diaryl/α,β-unsaturated/α-hetero) is 1. The third kappa shape index (κ3) is 6.33. The normalized spacial score (nSPS) is 16.7. The molecule has 1 saturated carbocycles. The minimum atomic E-state index is -3.26. The summed E-state index contributed by atoms with van der Waals surface area (Å²) in [5.74, 6) is 0.378. The second-order valence-corrected chi connectivity index (χ2v) is 12.0. The van der Waals surface area contributed by atoms with Crippen LogP contribution in [0.3, 0.4) is 0 Å². The summed E-state index contributed by atoms with van der Waals surface area (Å²) >= 11 is 0. The van der Waals surface area contributed by atoms with Crippen LogP contribution in [-0.2, 0) is 9.84 Å². The second kappa shape index (κ2) is 11.8. The van der Waals surface area contributed by atoms with Gasteiger partial charge in [-0.25, -0.2) is 12.8 Å². The van der Waals surface area contributed by atoms with Gasteiger partial charge in [-0.3, -0.25) is 9.69 Å². The predicted octanol–water partition coefficient (Wildman–Crippen LogP) is 6.68. The molecule has 0 unspecified atom stereocenters. The number of hydrogen-bond acceptors (Lipinski definition) is 5. The van der Waals surface area contributed by atoms with Crippen LogP contribution in [0.5, 0.6) is 5.75 Å². The number of nitrogens with zero attached hydrogens (tertiary/aromatic N) is 1. The van der Waals surface area contributed by atoms with Crippen molar-refractivity contribution in [1.82, 2.24) is 4.90 Å². The molecule has 1 heterocycles. The van der Waals surface area contributed by atoms with Crippen molar-refractivity contribution in [1.29, 1.82) is 0 Å². The zero-order valence-electron chi connectivity index (χ0n) is 22.5. The number of likely N-dealkylation sites (tertiary alicyclic amines) is 1. The summed E-state index contributed by atoms with van der Waals surface area (Å²) in [6.07, 6.45) is 3.28. The Balaban J connectivity index is 0.00000137. The minimum absolute atomic E-state index is 0. The van der Waals surface area contributed by atoms with Gasteiger partial charge in [-0.1, -0.05) is 56.3 Å². The number of halogens is 1. The number of carbonyl (C=O) groups is 1. The van der Waals surface area contributed by atoms with Gasteiger partial charge in [0.15, 0.2) is 15.6 Å². The highest BCUT2D eigenvalue weighted by Gasteiger charge is 2.35. The number of rotatable bonds is 9. The zero-order chi connectivity index (χ0) is 27.4. The van der Waals surface area contributed by atoms with Crippen LogP contribution in [0.15, 0.2) is 71.6 Å². The summed E-state index contributed by atoms with van der Waals surface area (Å²) in [7, 11) is -3.26. The molecule has 0 aromatic heterocycles. The van der Waals surface area contributed by atoms with Crippen molar-refractivity contribution in [2.24, 2.45) is 5.92 Å². The van der Waals surface area contributed by atoms with E-state index >= 15 is 0 Å². The molecule has 204 valence electrons. The smallest absolute Gasteiger partial charge is 0.175 e. The van der Waals surface area contributed by atoms with Gasteiger partial charge in [-0.15, -0.1) is 0 Å². The lowest BCUT2D eigenvalue weighted by Crippen LogP contribution is -2.51. The predicted molar refractivity (Wildman–Crippen MR) is 150 cm³/mol. The van der Waals surface area contributed by atoms with Crippen LogP contribution in [0.4, 0.5) is 4.39 Å². The fourth-order valence-corrected chi connectivity index (χ4v) is 5.59. The number of ether oxygens (including phenoxy) is 1. The fraction of sp³-hybridized carbons (Fsp3) is 0.387. The van der Waals surface area contributed by atoms with Crippen LogP contribution >= 0.6 is 0 Å². The number of carbonyl (C=O) groups excluding carboxylic acids is 1. The van der Waals surface area contributed by atoms with Crippen LogP contribution < -0.4 is 4.74 Å². The maximum absolute atomic E-state index is 14.5. The van der Waals surface area contributed by atoms with E-state index in [1.165, 1.54) is 19.2 Å². The molecular weight excluding hydrogens is 501 g/mol. The SMILES string of the molecule is CC.CC(=O)c1cc(C2CC2)c(OCC2CN([C@@H](c3ccccc3)c3ccc(S(C)(=O)=O)cc3)C2)cc1F.[HH]. The maximum atomic E-state index is 14.5. The Morgan fingerprint density at radius 1 is 1.03 bits per heavy atom. The summed E-state index contributed by atoms with van der Waals surface area (Å²) in [5.41, 5.74) is 3.24. The second-order valence-electron chi connectivity index (χ2n) is 9.99. The van der Waals surface area contributed by atoms with Crippen molar-refractivity contribution in [2.45, 2.75) is 50.5 Å². The van der Waals surface area contributed by atoms with Crippen molar-refractivity contribution in [3.8, 4) is 5.75 Å². The molecular formula is C31H38FNO4S. The van der Waals surface area contributed by atoms with Crippen molar-refractivity contribution < 1.29 is 23.8 Å². The molecule has 3 aromatic carbocycles. The molecule has 1 saturated heterocycles. The number of sulfone groups is 1. The van der Waals surface area contributed by atoms with E-state index in [1.54, 1.807) is 18.2 Å². The van der Waals surface area contributed by atoms with Gasteiger partial charge in [0, 0.05) is 32.8 Å². The number of ketones is 1. The van der Waals surface area contributed by atoms with Crippen LogP contribution in [0.1, 0.15) is 74.0 Å². The summed E-state index contributed by atoms with van der Waals surface area (Å²) in [5, 5.41) is 0. The van der Waals surface area contributed by atoms with Gasteiger partial charge in [-0.2, -0.15) is 0 Å². The summed E-state index contributed by atoms with van der Waals surface area (Å²) < 4.78 is 44.4. The maximum Gasteiger partial charge on any atom is 0.175 e. The first-order chi connectivity index (χ1) is 18.2. The first-order valence-electron chi connectivity index (χ1n) is 13.3. The monoisotopic (exact) mass is 539 g/mol. The Labute approximate surface area is 227 Å². The summed E-state index contributed by atoms with van der Waals surface area (Å²) in [4.78, 5) is 14.4. The molecule has 1 aliphatic carbocycles. The van der Waals surface area contributed by atoms with E-state index in [1.807, 2.05) is 44.2 Å². The zero-order valence-corrected chi connectivity index (χ0v) is 23.3. The molecule has 3 aromatic rings. The highest BCUT2D eigenvalue weighted by molar-refractivity contribution is 7.90. The molecule has 2 aliphatic rings. The van der Waals surface area contributed by atoms with Crippen LogP contribution in [0.25, 0.3) is 0 Å². The highest BCUT2D eigenvalue weighted by Crippen LogP contribution is 2.45. The molecule has 0 amide bonds. The lowest BCUT2D eigenvalue weighted by atomic mass is 9.90. The standard InChI is InChI=1S/C29H30FNO4S.C2H6.H2/c1-19(32)25-14-26(21-8-9-21)28(15-27(25)30)35-18-20-16-31(17-20)29(22-6-4-3-5-7-22)23-10-12-24(13-11-23)36(2,33)34;1-2;/h3-7,10-15,20-21,29H,8-9,16-18H2,1-2H3;1-2H3;1H/t29-;;/m0../s1. The van der Waals surface area contributed by atoms with E-state index in [0.717, 1.165) is 42.6 Å². The molecule has 38 heavy (non-hydrogen) atoms. The lowest BCUT2D eigenvalue weighted by molar-refractivity contribution is 0.0375. The first-order valence-corrected chi connectivity index (χ1v) is 15.2. The molecule has 2 fully saturated rings. The topological polar surface area (TPSA) is 63.7 Å². The lowest BCUT2D eigenvalue weighted by Gasteiger charge is -2.44. The molecule has 5 rings (SSSR count). The number of benzene rings is 3. The van der Waals surface area contributed by atoms with Gasteiger partial charge in [0.2, 0.25) is 0 Å². The first kappa shape index (κ1) is 28.0.